The third-order valence-electron chi connectivity index (χ3n) is 4.27. The fourth-order valence-corrected chi connectivity index (χ4v) is 2.61. The van der Waals surface area contributed by atoms with E-state index in [-0.39, 0.29) is 18.4 Å². The molecule has 7 nitrogen and oxygen atoms in total. The van der Waals surface area contributed by atoms with E-state index in [0.29, 0.717) is 12.2 Å². The molecule has 0 aliphatic carbocycles. The topological polar surface area (TPSA) is 87.7 Å². The van der Waals surface area contributed by atoms with Crippen LogP contribution in [0.4, 0.5) is 10.5 Å². The van der Waals surface area contributed by atoms with Crippen molar-refractivity contribution in [2.45, 2.75) is 26.4 Å². The van der Waals surface area contributed by atoms with Gasteiger partial charge in [-0.3, -0.25) is 4.79 Å². The minimum Gasteiger partial charge on any atom is -0.454 e. The van der Waals surface area contributed by atoms with Crippen molar-refractivity contribution in [2.24, 2.45) is 5.92 Å². The Morgan fingerprint density at radius 3 is 2.14 bits per heavy atom. The van der Waals surface area contributed by atoms with Crippen LogP contribution in [0.3, 0.4) is 0 Å². The van der Waals surface area contributed by atoms with Crippen LogP contribution in [0.2, 0.25) is 0 Å². The Labute approximate surface area is 171 Å². The Bertz CT molecular complexity index is 809. The van der Waals surface area contributed by atoms with E-state index in [9.17, 15) is 14.4 Å². The molecule has 0 aromatic heterocycles. The van der Waals surface area contributed by atoms with Gasteiger partial charge in [0.15, 0.2) is 6.61 Å². The second kappa shape index (κ2) is 10.8. The monoisotopic (exact) mass is 397 g/mol. The number of benzene rings is 2. The van der Waals surface area contributed by atoms with Gasteiger partial charge in [0.05, 0.1) is 0 Å². The number of nitrogens with one attached hydrogen (secondary N) is 2. The van der Waals surface area contributed by atoms with E-state index in [4.69, 9.17) is 4.74 Å². The lowest BCUT2D eigenvalue weighted by atomic mass is 10.1. The van der Waals surface area contributed by atoms with E-state index >= 15 is 0 Å². The number of likely N-dealkylation sites (N-methyl/N-ethyl adjacent to an activating group) is 1. The average Bonchev–Trinajstić information content (AvgIpc) is 2.71. The van der Waals surface area contributed by atoms with Gasteiger partial charge < -0.3 is 20.3 Å². The Morgan fingerprint density at radius 2 is 1.55 bits per heavy atom. The van der Waals surface area contributed by atoms with Gasteiger partial charge in [-0.2, -0.15) is 0 Å². The van der Waals surface area contributed by atoms with Gasteiger partial charge in [-0.25, -0.2) is 9.59 Å². The van der Waals surface area contributed by atoms with Crippen molar-refractivity contribution in [1.29, 1.82) is 0 Å². The summed E-state index contributed by atoms with van der Waals surface area (Å²) in [5, 5.41) is 5.27. The molecule has 0 bridgehead atoms. The van der Waals surface area contributed by atoms with Gasteiger partial charge in [0, 0.05) is 19.3 Å². The number of hydrogen-bond acceptors (Lipinski definition) is 4. The lowest BCUT2D eigenvalue weighted by Crippen LogP contribution is -2.47. The molecule has 0 saturated heterocycles. The summed E-state index contributed by atoms with van der Waals surface area (Å²) in [5.41, 5.74) is 1.59. The molecule has 3 amide bonds. The number of amides is 3. The molecule has 0 unspecified atom stereocenters. The molecule has 2 N–H and O–H groups in total. The number of nitrogens with zero attached hydrogens (tertiary/aromatic N) is 1. The summed E-state index contributed by atoms with van der Waals surface area (Å²) in [6.45, 7) is 3.62. The van der Waals surface area contributed by atoms with E-state index in [1.807, 2.05) is 36.4 Å². The molecule has 0 fully saturated rings. The fourth-order valence-electron chi connectivity index (χ4n) is 2.61. The van der Waals surface area contributed by atoms with E-state index in [1.165, 1.54) is 4.90 Å². The standard InChI is InChI=1S/C22H27N3O4/c1-16(2)20(24-22(28)23-18-12-8-5-9-13-18)21(27)29-15-19(26)25(3)14-17-10-6-4-7-11-17/h4-13,16,20H,14-15H2,1-3H3,(H2,23,24,28)/t20-/m0/s1. The quantitative estimate of drug-likeness (QED) is 0.670. The highest BCUT2D eigenvalue weighted by Crippen LogP contribution is 2.08. The third kappa shape index (κ3) is 7.29. The van der Waals surface area contributed by atoms with Crippen LogP contribution in [-0.2, 0) is 20.9 Å². The molecular weight excluding hydrogens is 370 g/mol. The number of anilines is 1. The van der Waals surface area contributed by atoms with Gasteiger partial charge in [-0.1, -0.05) is 62.4 Å². The van der Waals surface area contributed by atoms with Gasteiger partial charge in [0.2, 0.25) is 0 Å². The molecule has 0 aliphatic heterocycles. The van der Waals surface area contributed by atoms with Crippen LogP contribution >= 0.6 is 0 Å². The predicted molar refractivity (Wildman–Crippen MR) is 111 cm³/mol. The maximum Gasteiger partial charge on any atom is 0.329 e. The Morgan fingerprint density at radius 1 is 0.966 bits per heavy atom. The highest BCUT2D eigenvalue weighted by Gasteiger charge is 2.26. The summed E-state index contributed by atoms with van der Waals surface area (Å²) < 4.78 is 5.16. The molecule has 0 saturated carbocycles. The van der Waals surface area contributed by atoms with Gasteiger partial charge >= 0.3 is 12.0 Å². The van der Waals surface area contributed by atoms with Crippen molar-refractivity contribution in [1.82, 2.24) is 10.2 Å². The number of urea groups is 1. The number of hydrogen-bond donors (Lipinski definition) is 2. The molecule has 2 aromatic rings. The fraction of sp³-hybridized carbons (Fsp3) is 0.318. The number of carbonyl (C=O) groups excluding carboxylic acids is 3. The largest absolute Gasteiger partial charge is 0.454 e. The first-order valence-electron chi connectivity index (χ1n) is 9.44. The first-order chi connectivity index (χ1) is 13.9. The SMILES string of the molecule is CC(C)[C@H](NC(=O)Nc1ccccc1)C(=O)OCC(=O)N(C)Cc1ccccc1. The average molecular weight is 397 g/mol. The van der Waals surface area contributed by atoms with Crippen LogP contribution in [0.5, 0.6) is 0 Å². The minimum absolute atomic E-state index is 0.207. The molecule has 0 aliphatic rings. The number of esters is 1. The van der Waals surface area contributed by atoms with Crippen molar-refractivity contribution in [3.05, 3.63) is 66.2 Å². The lowest BCUT2D eigenvalue weighted by Gasteiger charge is -2.22. The summed E-state index contributed by atoms with van der Waals surface area (Å²) >= 11 is 0. The number of para-hydroxylation sites is 1. The van der Waals surface area contributed by atoms with Gasteiger partial charge in [-0.05, 0) is 23.6 Å². The van der Waals surface area contributed by atoms with Crippen molar-refractivity contribution in [2.75, 3.05) is 19.0 Å². The van der Waals surface area contributed by atoms with E-state index < -0.39 is 18.0 Å². The molecule has 0 spiro atoms. The van der Waals surface area contributed by atoms with Crippen molar-refractivity contribution in [3.63, 3.8) is 0 Å². The first kappa shape index (κ1) is 21.9. The Hall–Kier alpha value is -3.35. The van der Waals surface area contributed by atoms with E-state index in [0.717, 1.165) is 5.56 Å². The lowest BCUT2D eigenvalue weighted by molar-refractivity contribution is -0.154. The molecular formula is C22H27N3O4. The third-order valence-corrected chi connectivity index (χ3v) is 4.27. The predicted octanol–water partition coefficient (Wildman–Crippen LogP) is 3.03. The normalized spacial score (nSPS) is 11.4. The van der Waals surface area contributed by atoms with Crippen LogP contribution in [0.1, 0.15) is 19.4 Å². The van der Waals surface area contributed by atoms with Crippen molar-refractivity contribution >= 4 is 23.6 Å². The smallest absolute Gasteiger partial charge is 0.329 e. The second-order valence-corrected chi connectivity index (χ2v) is 7.03. The van der Waals surface area contributed by atoms with Gasteiger partial charge in [0.1, 0.15) is 6.04 Å². The maximum absolute atomic E-state index is 12.4. The number of carbonyl (C=O) groups is 3. The summed E-state index contributed by atoms with van der Waals surface area (Å²) in [7, 11) is 1.65. The number of ether oxygens (including phenoxy) is 1. The zero-order valence-corrected chi connectivity index (χ0v) is 16.9. The first-order valence-corrected chi connectivity index (χ1v) is 9.44. The van der Waals surface area contributed by atoms with Crippen LogP contribution < -0.4 is 10.6 Å². The van der Waals surface area contributed by atoms with E-state index in [1.54, 1.807) is 45.2 Å². The van der Waals surface area contributed by atoms with Gasteiger partial charge in [0.25, 0.3) is 5.91 Å². The molecule has 0 radical (unpaired) electrons. The van der Waals surface area contributed by atoms with Crippen LogP contribution in [0.25, 0.3) is 0 Å². The molecule has 2 rings (SSSR count). The van der Waals surface area contributed by atoms with E-state index in [2.05, 4.69) is 10.6 Å². The molecule has 2 aromatic carbocycles. The maximum atomic E-state index is 12.4. The molecule has 154 valence electrons. The molecule has 0 heterocycles. The molecule has 1 atom stereocenters. The van der Waals surface area contributed by atoms with Crippen LogP contribution in [0, 0.1) is 5.92 Å². The van der Waals surface area contributed by atoms with Crippen molar-refractivity contribution < 1.29 is 19.1 Å². The Balaban J connectivity index is 1.85. The minimum atomic E-state index is -0.869. The zero-order valence-electron chi connectivity index (χ0n) is 16.9. The highest BCUT2D eigenvalue weighted by atomic mass is 16.5. The van der Waals surface area contributed by atoms with Crippen LogP contribution in [0.15, 0.2) is 60.7 Å². The summed E-state index contributed by atoms with van der Waals surface area (Å²) in [6.07, 6.45) is 0. The molecule has 29 heavy (non-hydrogen) atoms. The molecule has 7 heteroatoms. The number of rotatable bonds is 8. The summed E-state index contributed by atoms with van der Waals surface area (Å²) in [5.74, 6) is -1.18. The zero-order chi connectivity index (χ0) is 21.2. The van der Waals surface area contributed by atoms with Gasteiger partial charge in [-0.15, -0.1) is 0 Å². The second-order valence-electron chi connectivity index (χ2n) is 7.03. The Kier molecular flexibility index (Phi) is 8.21. The highest BCUT2D eigenvalue weighted by molar-refractivity contribution is 5.93. The summed E-state index contributed by atoms with van der Waals surface area (Å²) in [4.78, 5) is 38.3. The van der Waals surface area contributed by atoms with Crippen LogP contribution in [-0.4, -0.2) is 42.5 Å². The van der Waals surface area contributed by atoms with Crippen molar-refractivity contribution in [3.8, 4) is 0 Å². The summed E-state index contributed by atoms with van der Waals surface area (Å²) in [6, 6.07) is 17.0.